The van der Waals surface area contributed by atoms with Gasteiger partial charge >= 0.3 is 0 Å². The monoisotopic (exact) mass is 345 g/mol. The van der Waals surface area contributed by atoms with Crippen molar-refractivity contribution in [3.63, 3.8) is 0 Å². The number of amides is 1. The van der Waals surface area contributed by atoms with Crippen molar-refractivity contribution in [1.82, 2.24) is 15.1 Å². The van der Waals surface area contributed by atoms with Crippen LogP contribution in [0.4, 0.5) is 0 Å². The van der Waals surface area contributed by atoms with Gasteiger partial charge in [0.05, 0.1) is 0 Å². The fourth-order valence-corrected chi connectivity index (χ4v) is 2.57. The van der Waals surface area contributed by atoms with Gasteiger partial charge in [-0.25, -0.2) is 0 Å². The second-order valence-electron chi connectivity index (χ2n) is 5.77. The maximum atomic E-state index is 11.8. The highest BCUT2D eigenvalue weighted by Gasteiger charge is 2.12. The van der Waals surface area contributed by atoms with Gasteiger partial charge in [0, 0.05) is 31.4 Å². The average molecular weight is 345 g/mol. The van der Waals surface area contributed by atoms with Gasteiger partial charge in [-0.1, -0.05) is 6.42 Å². The molecule has 0 atom stereocenters. The number of rotatable bonds is 9. The lowest BCUT2D eigenvalue weighted by Crippen LogP contribution is -2.27. The molecule has 7 nitrogen and oxygen atoms in total. The maximum absolute atomic E-state index is 11.8. The van der Waals surface area contributed by atoms with Gasteiger partial charge in [-0.05, 0) is 31.0 Å². The molecule has 0 radical (unpaired) electrons. The van der Waals surface area contributed by atoms with E-state index in [9.17, 15) is 4.79 Å². The molecule has 1 amide bonds. The van der Waals surface area contributed by atoms with Crippen molar-refractivity contribution >= 4 is 5.91 Å². The Morgan fingerprint density at radius 1 is 1.20 bits per heavy atom. The molecule has 0 aliphatic carbocycles. The molecular formula is C18H23N3O4. The van der Waals surface area contributed by atoms with Crippen LogP contribution in [-0.2, 0) is 11.3 Å². The third-order valence-corrected chi connectivity index (χ3v) is 3.87. The summed E-state index contributed by atoms with van der Waals surface area (Å²) in [4.78, 5) is 11.8. The van der Waals surface area contributed by atoms with Gasteiger partial charge in [0.2, 0.25) is 5.91 Å². The van der Waals surface area contributed by atoms with Gasteiger partial charge in [0.1, 0.15) is 19.0 Å². The highest BCUT2D eigenvalue weighted by molar-refractivity contribution is 5.75. The second-order valence-corrected chi connectivity index (χ2v) is 5.77. The van der Waals surface area contributed by atoms with E-state index in [1.807, 2.05) is 23.0 Å². The Morgan fingerprint density at radius 3 is 2.92 bits per heavy atom. The number of benzene rings is 1. The third kappa shape index (κ3) is 5.41. The van der Waals surface area contributed by atoms with Crippen LogP contribution in [0.15, 0.2) is 36.7 Å². The highest BCUT2D eigenvalue weighted by atomic mass is 16.6. The van der Waals surface area contributed by atoms with E-state index in [0.717, 1.165) is 31.6 Å². The molecule has 0 saturated heterocycles. The van der Waals surface area contributed by atoms with Gasteiger partial charge < -0.3 is 19.5 Å². The summed E-state index contributed by atoms with van der Waals surface area (Å²) in [6.45, 7) is 2.13. The summed E-state index contributed by atoms with van der Waals surface area (Å²) in [5.41, 5.74) is 0. The van der Waals surface area contributed by atoms with E-state index in [4.69, 9.17) is 14.2 Å². The SMILES string of the molecule is O=C(CCCCCn1cccn1)NCOc1ccc2c(c1)OCCO2. The molecular weight excluding hydrogens is 322 g/mol. The van der Waals surface area contributed by atoms with Crippen molar-refractivity contribution in [1.29, 1.82) is 0 Å². The first-order valence-corrected chi connectivity index (χ1v) is 8.58. The average Bonchev–Trinajstić information content (AvgIpc) is 3.15. The van der Waals surface area contributed by atoms with Crippen LogP contribution in [-0.4, -0.2) is 35.6 Å². The molecule has 1 aromatic heterocycles. The zero-order valence-corrected chi connectivity index (χ0v) is 14.1. The number of nitrogens with one attached hydrogen (secondary N) is 1. The first-order chi connectivity index (χ1) is 12.3. The first-order valence-electron chi connectivity index (χ1n) is 8.58. The van der Waals surface area contributed by atoms with Crippen LogP contribution in [0.5, 0.6) is 17.2 Å². The molecule has 2 heterocycles. The van der Waals surface area contributed by atoms with Crippen molar-refractivity contribution in [2.75, 3.05) is 19.9 Å². The van der Waals surface area contributed by atoms with E-state index in [0.29, 0.717) is 31.1 Å². The van der Waals surface area contributed by atoms with E-state index in [1.54, 1.807) is 18.3 Å². The molecule has 3 rings (SSSR count). The Kier molecular flexibility index (Phi) is 6.14. The van der Waals surface area contributed by atoms with Crippen molar-refractivity contribution < 1.29 is 19.0 Å². The van der Waals surface area contributed by atoms with Gasteiger partial charge in [-0.15, -0.1) is 0 Å². The van der Waals surface area contributed by atoms with Crippen molar-refractivity contribution in [2.45, 2.75) is 32.2 Å². The molecule has 0 spiro atoms. The molecule has 0 unspecified atom stereocenters. The summed E-state index contributed by atoms with van der Waals surface area (Å²) < 4.78 is 18.4. The van der Waals surface area contributed by atoms with Crippen molar-refractivity contribution in [2.24, 2.45) is 0 Å². The molecule has 1 N–H and O–H groups in total. The van der Waals surface area contributed by atoms with Crippen LogP contribution in [0.1, 0.15) is 25.7 Å². The lowest BCUT2D eigenvalue weighted by Gasteiger charge is -2.19. The zero-order chi connectivity index (χ0) is 17.3. The third-order valence-electron chi connectivity index (χ3n) is 3.87. The Balaban J connectivity index is 1.27. The number of aryl methyl sites for hydroxylation is 1. The smallest absolute Gasteiger partial charge is 0.222 e. The second kappa shape index (κ2) is 8.96. The minimum atomic E-state index is -0.00312. The largest absolute Gasteiger partial charge is 0.486 e. The number of carbonyl (C=O) groups is 1. The predicted molar refractivity (Wildman–Crippen MR) is 91.8 cm³/mol. The number of hydrogen-bond donors (Lipinski definition) is 1. The molecule has 1 aliphatic rings. The number of unbranched alkanes of at least 4 members (excludes halogenated alkanes) is 2. The predicted octanol–water partition coefficient (Wildman–Crippen LogP) is 2.37. The van der Waals surface area contributed by atoms with Crippen molar-refractivity contribution in [3.05, 3.63) is 36.7 Å². The van der Waals surface area contributed by atoms with E-state index >= 15 is 0 Å². The van der Waals surface area contributed by atoms with Gasteiger partial charge in [-0.2, -0.15) is 5.10 Å². The number of aromatic nitrogens is 2. The first kappa shape index (κ1) is 17.1. The normalized spacial score (nSPS) is 12.6. The molecule has 0 bridgehead atoms. The standard InChI is InChI=1S/C18H23N3O4/c22-18(5-2-1-3-9-21-10-4-8-20-21)19-14-25-15-6-7-16-17(13-15)24-12-11-23-16/h4,6-8,10,13H,1-3,5,9,11-12,14H2,(H,19,22). The molecule has 134 valence electrons. The van der Waals surface area contributed by atoms with Gasteiger partial charge in [-0.3, -0.25) is 9.48 Å². The molecule has 1 aliphatic heterocycles. The number of nitrogens with zero attached hydrogens (tertiary/aromatic N) is 2. The molecule has 2 aromatic rings. The Labute approximate surface area is 146 Å². The van der Waals surface area contributed by atoms with E-state index in [2.05, 4.69) is 10.4 Å². The topological polar surface area (TPSA) is 74.6 Å². The summed E-state index contributed by atoms with van der Waals surface area (Å²) in [5, 5.41) is 6.91. The molecule has 25 heavy (non-hydrogen) atoms. The van der Waals surface area contributed by atoms with Crippen molar-refractivity contribution in [3.8, 4) is 17.2 Å². The summed E-state index contributed by atoms with van der Waals surface area (Å²) in [7, 11) is 0. The minimum Gasteiger partial charge on any atom is -0.486 e. The minimum absolute atomic E-state index is 0.00312. The molecule has 7 heteroatoms. The molecule has 0 saturated carbocycles. The number of ether oxygens (including phenoxy) is 3. The van der Waals surface area contributed by atoms with Crippen LogP contribution in [0.3, 0.4) is 0 Å². The van der Waals surface area contributed by atoms with E-state index in [1.165, 1.54) is 0 Å². The van der Waals surface area contributed by atoms with Crippen LogP contribution in [0.25, 0.3) is 0 Å². The Bertz CT molecular complexity index is 673. The van der Waals surface area contributed by atoms with Crippen LogP contribution in [0, 0.1) is 0 Å². The number of hydrogen-bond acceptors (Lipinski definition) is 5. The lowest BCUT2D eigenvalue weighted by atomic mass is 10.2. The van der Waals surface area contributed by atoms with Crippen LogP contribution in [0.2, 0.25) is 0 Å². The summed E-state index contributed by atoms with van der Waals surface area (Å²) in [5.74, 6) is 2.03. The number of carbonyl (C=O) groups excluding carboxylic acids is 1. The quantitative estimate of drug-likeness (QED) is 0.558. The van der Waals surface area contributed by atoms with E-state index < -0.39 is 0 Å². The summed E-state index contributed by atoms with van der Waals surface area (Å²) in [6.07, 6.45) is 7.09. The fraction of sp³-hybridized carbons (Fsp3) is 0.444. The summed E-state index contributed by atoms with van der Waals surface area (Å²) in [6, 6.07) is 7.30. The fourth-order valence-electron chi connectivity index (χ4n) is 2.57. The zero-order valence-electron chi connectivity index (χ0n) is 14.1. The van der Waals surface area contributed by atoms with Crippen LogP contribution >= 0.6 is 0 Å². The van der Waals surface area contributed by atoms with Crippen LogP contribution < -0.4 is 19.5 Å². The van der Waals surface area contributed by atoms with Gasteiger partial charge in [0.15, 0.2) is 18.2 Å². The lowest BCUT2D eigenvalue weighted by molar-refractivity contribution is -0.122. The maximum Gasteiger partial charge on any atom is 0.222 e. The van der Waals surface area contributed by atoms with Gasteiger partial charge in [0.25, 0.3) is 0 Å². The van der Waals surface area contributed by atoms with E-state index in [-0.39, 0.29) is 12.6 Å². The Hall–Kier alpha value is -2.70. The number of fused-ring (bicyclic) bond motifs is 1. The molecule has 1 aromatic carbocycles. The molecule has 0 fully saturated rings. The highest BCUT2D eigenvalue weighted by Crippen LogP contribution is 2.33. The summed E-state index contributed by atoms with van der Waals surface area (Å²) >= 11 is 0. The Morgan fingerprint density at radius 2 is 2.08 bits per heavy atom.